The molecule has 23 heavy (non-hydrogen) atoms. The molecule has 1 amide bonds. The second kappa shape index (κ2) is 8.70. The predicted octanol–water partition coefficient (Wildman–Crippen LogP) is 2.02. The van der Waals surface area contributed by atoms with E-state index in [9.17, 15) is 9.90 Å². The summed E-state index contributed by atoms with van der Waals surface area (Å²) in [7, 11) is 0. The fourth-order valence-corrected chi connectivity index (χ4v) is 2.70. The van der Waals surface area contributed by atoms with Gasteiger partial charge in [0, 0.05) is 32.7 Å². The number of benzene rings is 1. The number of carbonyl (C=O) groups is 1. The number of carbonyl (C=O) groups excluding carboxylic acids is 1. The number of phenols is 1. The van der Waals surface area contributed by atoms with Crippen LogP contribution in [-0.4, -0.2) is 59.7 Å². The molecule has 0 saturated carbocycles. The Balaban J connectivity index is 1.76. The van der Waals surface area contributed by atoms with Crippen LogP contribution in [0.4, 0.5) is 0 Å². The highest BCUT2D eigenvalue weighted by atomic mass is 16.5. The molecule has 1 N–H and O–H groups in total. The van der Waals surface area contributed by atoms with E-state index in [4.69, 9.17) is 4.74 Å². The van der Waals surface area contributed by atoms with Gasteiger partial charge in [-0.1, -0.05) is 18.2 Å². The van der Waals surface area contributed by atoms with Gasteiger partial charge in [0.05, 0.1) is 6.61 Å². The second-order valence-electron chi connectivity index (χ2n) is 5.86. The summed E-state index contributed by atoms with van der Waals surface area (Å²) >= 11 is 0. The zero-order valence-corrected chi connectivity index (χ0v) is 13.8. The molecule has 0 bridgehead atoms. The molecule has 1 aliphatic heterocycles. The maximum absolute atomic E-state index is 12.3. The van der Waals surface area contributed by atoms with Crippen molar-refractivity contribution >= 4 is 5.91 Å². The van der Waals surface area contributed by atoms with E-state index in [2.05, 4.69) is 11.5 Å². The Morgan fingerprint density at radius 3 is 2.78 bits per heavy atom. The van der Waals surface area contributed by atoms with Gasteiger partial charge >= 0.3 is 0 Å². The first-order valence-electron chi connectivity index (χ1n) is 8.11. The van der Waals surface area contributed by atoms with Gasteiger partial charge in [0.1, 0.15) is 11.9 Å². The van der Waals surface area contributed by atoms with Crippen LogP contribution in [0.15, 0.2) is 36.9 Å². The van der Waals surface area contributed by atoms with E-state index in [1.165, 1.54) is 0 Å². The minimum atomic E-state index is -0.396. The van der Waals surface area contributed by atoms with E-state index in [-0.39, 0.29) is 5.91 Å². The van der Waals surface area contributed by atoms with E-state index in [0.717, 1.165) is 31.6 Å². The number of hydrogen-bond acceptors (Lipinski definition) is 4. The molecule has 1 aromatic rings. The number of ether oxygens (including phenoxy) is 1. The first kappa shape index (κ1) is 17.5. The largest absolute Gasteiger partial charge is 0.508 e. The summed E-state index contributed by atoms with van der Waals surface area (Å²) in [6.45, 7) is 9.88. The lowest BCUT2D eigenvalue weighted by atomic mass is 10.2. The van der Waals surface area contributed by atoms with Crippen molar-refractivity contribution in [2.75, 3.05) is 32.8 Å². The van der Waals surface area contributed by atoms with E-state index < -0.39 is 6.10 Å². The Labute approximate surface area is 138 Å². The number of amides is 1. The summed E-state index contributed by atoms with van der Waals surface area (Å²) in [4.78, 5) is 16.5. The Kier molecular flexibility index (Phi) is 6.62. The summed E-state index contributed by atoms with van der Waals surface area (Å²) in [6, 6.07) is 7.32. The van der Waals surface area contributed by atoms with Crippen molar-refractivity contribution in [1.29, 1.82) is 0 Å². The average molecular weight is 318 g/mol. The van der Waals surface area contributed by atoms with Gasteiger partial charge in [-0.2, -0.15) is 0 Å². The van der Waals surface area contributed by atoms with Crippen molar-refractivity contribution < 1.29 is 14.6 Å². The van der Waals surface area contributed by atoms with E-state index in [0.29, 0.717) is 25.4 Å². The van der Waals surface area contributed by atoms with E-state index in [1.54, 1.807) is 18.2 Å². The lowest BCUT2D eigenvalue weighted by molar-refractivity contribution is -0.144. The first-order chi connectivity index (χ1) is 11.1. The van der Waals surface area contributed by atoms with Crippen LogP contribution in [0.3, 0.4) is 0 Å². The highest BCUT2D eigenvalue weighted by Crippen LogP contribution is 2.14. The first-order valence-corrected chi connectivity index (χ1v) is 8.11. The molecule has 0 aliphatic carbocycles. The third kappa shape index (κ3) is 5.37. The quantitative estimate of drug-likeness (QED) is 0.617. The molecular formula is C18H26N2O3. The molecule has 1 heterocycles. The summed E-state index contributed by atoms with van der Waals surface area (Å²) < 4.78 is 5.53. The van der Waals surface area contributed by atoms with Gasteiger partial charge in [-0.05, 0) is 31.0 Å². The lowest BCUT2D eigenvalue weighted by Crippen LogP contribution is -2.51. The van der Waals surface area contributed by atoms with Crippen LogP contribution in [0, 0.1) is 0 Å². The molecule has 1 saturated heterocycles. The van der Waals surface area contributed by atoms with Crippen LogP contribution >= 0.6 is 0 Å². The predicted molar refractivity (Wildman–Crippen MR) is 90.2 cm³/mol. The molecule has 1 atom stereocenters. The zero-order valence-electron chi connectivity index (χ0n) is 13.8. The highest BCUT2D eigenvalue weighted by Gasteiger charge is 2.25. The van der Waals surface area contributed by atoms with E-state index >= 15 is 0 Å². The molecule has 1 aromatic carbocycles. The van der Waals surface area contributed by atoms with Gasteiger partial charge in [0.15, 0.2) is 0 Å². The van der Waals surface area contributed by atoms with Crippen molar-refractivity contribution in [3.63, 3.8) is 0 Å². The summed E-state index contributed by atoms with van der Waals surface area (Å²) in [5, 5.41) is 9.52. The van der Waals surface area contributed by atoms with Gasteiger partial charge in [-0.15, -0.1) is 6.58 Å². The zero-order chi connectivity index (χ0) is 16.7. The lowest BCUT2D eigenvalue weighted by Gasteiger charge is -2.35. The standard InChI is InChI=1S/C18H26N2O3/c1-3-4-12-23-15(2)18(22)20-10-8-19(9-11-20)14-16-6-5-7-17(21)13-16/h3,5-7,13,15,21H,1,4,8-12,14H2,2H3/t15-/m0/s1. The van der Waals surface area contributed by atoms with Crippen molar-refractivity contribution in [3.05, 3.63) is 42.5 Å². The van der Waals surface area contributed by atoms with Crippen molar-refractivity contribution in [3.8, 4) is 5.75 Å². The highest BCUT2D eigenvalue weighted by molar-refractivity contribution is 5.80. The van der Waals surface area contributed by atoms with Crippen LogP contribution in [0.5, 0.6) is 5.75 Å². The van der Waals surface area contributed by atoms with E-state index in [1.807, 2.05) is 24.0 Å². The van der Waals surface area contributed by atoms with Gasteiger partial charge in [-0.25, -0.2) is 0 Å². The van der Waals surface area contributed by atoms with Crippen molar-refractivity contribution in [1.82, 2.24) is 9.80 Å². The number of piperazine rings is 1. The van der Waals surface area contributed by atoms with Crippen LogP contribution in [0.1, 0.15) is 18.9 Å². The molecule has 2 rings (SSSR count). The van der Waals surface area contributed by atoms with Crippen LogP contribution < -0.4 is 0 Å². The molecule has 1 aliphatic rings. The molecule has 126 valence electrons. The number of hydrogen-bond donors (Lipinski definition) is 1. The van der Waals surface area contributed by atoms with Crippen LogP contribution in [0.2, 0.25) is 0 Å². The third-order valence-corrected chi connectivity index (χ3v) is 4.04. The van der Waals surface area contributed by atoms with Crippen LogP contribution in [0.25, 0.3) is 0 Å². The Morgan fingerprint density at radius 2 is 2.13 bits per heavy atom. The monoisotopic (exact) mass is 318 g/mol. The topological polar surface area (TPSA) is 53.0 Å². The Morgan fingerprint density at radius 1 is 1.39 bits per heavy atom. The Bertz CT molecular complexity index is 525. The second-order valence-corrected chi connectivity index (χ2v) is 5.86. The smallest absolute Gasteiger partial charge is 0.251 e. The molecule has 0 spiro atoms. The van der Waals surface area contributed by atoms with Gasteiger partial charge in [0.2, 0.25) is 0 Å². The fraction of sp³-hybridized carbons (Fsp3) is 0.500. The number of nitrogens with zero attached hydrogens (tertiary/aromatic N) is 2. The minimum Gasteiger partial charge on any atom is -0.508 e. The molecular weight excluding hydrogens is 292 g/mol. The summed E-state index contributed by atoms with van der Waals surface area (Å²) in [6.07, 6.45) is 2.15. The SMILES string of the molecule is C=CCCO[C@@H](C)C(=O)N1CCN(Cc2cccc(O)c2)CC1. The molecule has 0 radical (unpaired) electrons. The van der Waals surface area contributed by atoms with Gasteiger partial charge in [0.25, 0.3) is 5.91 Å². The fourth-order valence-electron chi connectivity index (χ4n) is 2.70. The average Bonchev–Trinajstić information content (AvgIpc) is 2.55. The van der Waals surface area contributed by atoms with Gasteiger partial charge < -0.3 is 14.7 Å². The van der Waals surface area contributed by atoms with Crippen molar-refractivity contribution in [2.24, 2.45) is 0 Å². The number of rotatable bonds is 7. The maximum atomic E-state index is 12.3. The maximum Gasteiger partial charge on any atom is 0.251 e. The summed E-state index contributed by atoms with van der Waals surface area (Å²) in [5.41, 5.74) is 1.09. The molecule has 5 nitrogen and oxygen atoms in total. The molecule has 0 unspecified atom stereocenters. The van der Waals surface area contributed by atoms with Gasteiger partial charge in [-0.3, -0.25) is 9.69 Å². The number of phenolic OH excluding ortho intramolecular Hbond substituents is 1. The molecule has 0 aromatic heterocycles. The minimum absolute atomic E-state index is 0.0612. The molecule has 1 fully saturated rings. The summed E-state index contributed by atoms with van der Waals surface area (Å²) in [5.74, 6) is 0.355. The Hall–Kier alpha value is -1.85. The molecule has 5 heteroatoms. The third-order valence-electron chi connectivity index (χ3n) is 4.04. The van der Waals surface area contributed by atoms with Crippen LogP contribution in [-0.2, 0) is 16.1 Å². The number of aromatic hydroxyl groups is 1. The normalized spacial score (nSPS) is 17.0. The van der Waals surface area contributed by atoms with Crippen molar-refractivity contribution in [2.45, 2.75) is 26.0 Å².